The summed E-state index contributed by atoms with van der Waals surface area (Å²) in [5, 5.41) is 16.5. The molecule has 0 unspecified atom stereocenters. The third-order valence-corrected chi connectivity index (χ3v) is 5.25. The van der Waals surface area contributed by atoms with Gasteiger partial charge >= 0.3 is 0 Å². The van der Waals surface area contributed by atoms with E-state index in [0.29, 0.717) is 28.9 Å². The minimum Gasteiger partial charge on any atom is -0.508 e. The standard InChI is InChI=1S/C27H29N3O3/c1-5-24(18-10-16-23(31)17-11-18)29-30-26(33)20-8-14-22(15-9-20)28-25(32)19-6-12-21(13-7-19)27(2,3)4/h6-17,31H,5H2,1-4H3,(H,28,32)(H,30,33). The summed E-state index contributed by atoms with van der Waals surface area (Å²) in [6, 6.07) is 20.8. The molecule has 0 radical (unpaired) electrons. The first-order valence-corrected chi connectivity index (χ1v) is 10.9. The minimum atomic E-state index is -0.352. The number of aromatic hydroxyl groups is 1. The highest BCUT2D eigenvalue weighted by atomic mass is 16.3. The maximum absolute atomic E-state index is 12.5. The van der Waals surface area contributed by atoms with Crippen LogP contribution in [0.3, 0.4) is 0 Å². The molecule has 3 rings (SSSR count). The first kappa shape index (κ1) is 23.7. The van der Waals surface area contributed by atoms with Crippen molar-refractivity contribution in [2.45, 2.75) is 39.5 Å². The number of rotatable bonds is 6. The van der Waals surface area contributed by atoms with E-state index in [1.807, 2.05) is 31.2 Å². The number of phenols is 1. The van der Waals surface area contributed by atoms with Gasteiger partial charge in [-0.15, -0.1) is 0 Å². The number of phenolic OH excluding ortho intramolecular Hbond substituents is 1. The second-order valence-corrected chi connectivity index (χ2v) is 8.76. The molecular weight excluding hydrogens is 414 g/mol. The van der Waals surface area contributed by atoms with Crippen molar-refractivity contribution in [2.24, 2.45) is 5.10 Å². The molecule has 0 aromatic heterocycles. The van der Waals surface area contributed by atoms with Crippen molar-refractivity contribution in [3.8, 4) is 5.75 Å². The van der Waals surface area contributed by atoms with Crippen molar-refractivity contribution in [3.63, 3.8) is 0 Å². The topological polar surface area (TPSA) is 90.8 Å². The summed E-state index contributed by atoms with van der Waals surface area (Å²) in [6.45, 7) is 8.32. The van der Waals surface area contributed by atoms with E-state index in [1.54, 1.807) is 48.5 Å². The molecule has 33 heavy (non-hydrogen) atoms. The van der Waals surface area contributed by atoms with Crippen LogP contribution in [0.5, 0.6) is 5.75 Å². The Bertz CT molecular complexity index is 1140. The molecule has 6 heteroatoms. The number of hydrogen-bond acceptors (Lipinski definition) is 4. The van der Waals surface area contributed by atoms with Gasteiger partial charge in [-0.05, 0) is 83.6 Å². The number of amides is 2. The number of nitrogens with zero attached hydrogens (tertiary/aromatic N) is 1. The van der Waals surface area contributed by atoms with Crippen LogP contribution in [0.25, 0.3) is 0 Å². The van der Waals surface area contributed by atoms with Crippen molar-refractivity contribution in [2.75, 3.05) is 5.32 Å². The fraction of sp³-hybridized carbons (Fsp3) is 0.222. The predicted molar refractivity (Wildman–Crippen MR) is 132 cm³/mol. The molecule has 0 aliphatic carbocycles. The number of carbonyl (C=O) groups is 2. The Morgan fingerprint density at radius 1 is 0.788 bits per heavy atom. The summed E-state index contributed by atoms with van der Waals surface area (Å²) in [6.07, 6.45) is 0.618. The second kappa shape index (κ2) is 10.1. The highest BCUT2D eigenvalue weighted by molar-refractivity contribution is 6.05. The Balaban J connectivity index is 1.62. The molecule has 0 aliphatic heterocycles. The van der Waals surface area contributed by atoms with Gasteiger partial charge < -0.3 is 10.4 Å². The van der Waals surface area contributed by atoms with Crippen LogP contribution in [0.4, 0.5) is 5.69 Å². The molecule has 0 aliphatic rings. The molecule has 0 bridgehead atoms. The monoisotopic (exact) mass is 443 g/mol. The molecule has 0 spiro atoms. The van der Waals surface area contributed by atoms with Gasteiger partial charge in [-0.25, -0.2) is 5.43 Å². The van der Waals surface area contributed by atoms with Crippen LogP contribution in [0, 0.1) is 0 Å². The predicted octanol–water partition coefficient (Wildman–Crippen LogP) is 5.49. The lowest BCUT2D eigenvalue weighted by Crippen LogP contribution is -2.20. The summed E-state index contributed by atoms with van der Waals surface area (Å²) in [5.41, 5.74) is 6.86. The number of anilines is 1. The highest BCUT2D eigenvalue weighted by Gasteiger charge is 2.14. The van der Waals surface area contributed by atoms with Crippen LogP contribution in [-0.2, 0) is 5.41 Å². The van der Waals surface area contributed by atoms with Gasteiger partial charge in [-0.3, -0.25) is 9.59 Å². The molecule has 0 heterocycles. The van der Waals surface area contributed by atoms with Gasteiger partial charge in [-0.1, -0.05) is 39.8 Å². The van der Waals surface area contributed by atoms with Crippen molar-refractivity contribution < 1.29 is 14.7 Å². The third kappa shape index (κ3) is 6.29. The molecule has 3 aromatic carbocycles. The van der Waals surface area contributed by atoms with Gasteiger partial charge in [0, 0.05) is 16.8 Å². The van der Waals surface area contributed by atoms with Gasteiger partial charge in [0.2, 0.25) is 0 Å². The molecule has 2 amide bonds. The van der Waals surface area contributed by atoms with Gasteiger partial charge in [0.05, 0.1) is 5.71 Å². The fourth-order valence-electron chi connectivity index (χ4n) is 3.21. The lowest BCUT2D eigenvalue weighted by molar-refractivity contribution is 0.0954. The van der Waals surface area contributed by atoms with Crippen LogP contribution in [0.1, 0.15) is 66.0 Å². The fourth-order valence-corrected chi connectivity index (χ4v) is 3.21. The molecule has 170 valence electrons. The molecule has 0 fully saturated rings. The van der Waals surface area contributed by atoms with Crippen LogP contribution in [0.15, 0.2) is 77.9 Å². The number of hydrazone groups is 1. The van der Waals surface area contributed by atoms with Gasteiger partial charge in [0.25, 0.3) is 11.8 Å². The third-order valence-electron chi connectivity index (χ3n) is 5.25. The van der Waals surface area contributed by atoms with E-state index in [9.17, 15) is 14.7 Å². The Kier molecular flexibility index (Phi) is 7.28. The van der Waals surface area contributed by atoms with Crippen molar-refractivity contribution >= 4 is 23.2 Å². The maximum Gasteiger partial charge on any atom is 0.271 e. The quantitative estimate of drug-likeness (QED) is 0.348. The van der Waals surface area contributed by atoms with E-state index in [1.165, 1.54) is 0 Å². The average molecular weight is 444 g/mol. The molecule has 6 nitrogen and oxygen atoms in total. The maximum atomic E-state index is 12.5. The Labute approximate surface area is 194 Å². The van der Waals surface area contributed by atoms with E-state index >= 15 is 0 Å². The van der Waals surface area contributed by atoms with Crippen LogP contribution >= 0.6 is 0 Å². The highest BCUT2D eigenvalue weighted by Crippen LogP contribution is 2.22. The van der Waals surface area contributed by atoms with Gasteiger partial charge in [0.1, 0.15) is 5.75 Å². The number of hydrogen-bond donors (Lipinski definition) is 3. The van der Waals surface area contributed by atoms with Gasteiger partial charge in [0.15, 0.2) is 0 Å². The lowest BCUT2D eigenvalue weighted by Gasteiger charge is -2.19. The smallest absolute Gasteiger partial charge is 0.271 e. The summed E-state index contributed by atoms with van der Waals surface area (Å²) in [7, 11) is 0. The Morgan fingerprint density at radius 3 is 1.85 bits per heavy atom. The van der Waals surface area contributed by atoms with Crippen LogP contribution < -0.4 is 10.7 Å². The minimum absolute atomic E-state index is 0.0252. The molecule has 0 atom stereocenters. The molecule has 0 saturated carbocycles. The van der Waals surface area contributed by atoms with Crippen LogP contribution in [0.2, 0.25) is 0 Å². The zero-order valence-electron chi connectivity index (χ0n) is 19.3. The zero-order chi connectivity index (χ0) is 24.0. The SMILES string of the molecule is CCC(=NNC(=O)c1ccc(NC(=O)c2ccc(C(C)(C)C)cc2)cc1)c1ccc(O)cc1. The zero-order valence-corrected chi connectivity index (χ0v) is 19.3. The average Bonchev–Trinajstić information content (AvgIpc) is 2.80. The second-order valence-electron chi connectivity index (χ2n) is 8.76. The first-order valence-electron chi connectivity index (χ1n) is 10.9. The van der Waals surface area contributed by atoms with E-state index in [2.05, 4.69) is 36.6 Å². The summed E-state index contributed by atoms with van der Waals surface area (Å²) in [5.74, 6) is -0.388. The van der Waals surface area contributed by atoms with Crippen molar-refractivity contribution in [3.05, 3.63) is 95.1 Å². The lowest BCUT2D eigenvalue weighted by atomic mass is 9.87. The van der Waals surface area contributed by atoms with E-state index in [-0.39, 0.29) is 23.0 Å². The summed E-state index contributed by atoms with van der Waals surface area (Å²) in [4.78, 5) is 25.0. The van der Waals surface area contributed by atoms with E-state index in [0.717, 1.165) is 11.1 Å². The molecular formula is C27H29N3O3. The molecule has 0 saturated heterocycles. The Morgan fingerprint density at radius 2 is 1.30 bits per heavy atom. The first-order chi connectivity index (χ1) is 15.7. The molecule has 3 N–H and O–H groups in total. The largest absolute Gasteiger partial charge is 0.508 e. The molecule has 3 aromatic rings. The van der Waals surface area contributed by atoms with E-state index in [4.69, 9.17) is 0 Å². The summed E-state index contributed by atoms with van der Waals surface area (Å²) < 4.78 is 0. The van der Waals surface area contributed by atoms with E-state index < -0.39 is 0 Å². The summed E-state index contributed by atoms with van der Waals surface area (Å²) >= 11 is 0. The van der Waals surface area contributed by atoms with Crippen LogP contribution in [-0.4, -0.2) is 22.6 Å². The van der Waals surface area contributed by atoms with Crippen molar-refractivity contribution in [1.29, 1.82) is 0 Å². The Hall–Kier alpha value is -3.93. The normalized spacial score (nSPS) is 11.7. The number of benzene rings is 3. The van der Waals surface area contributed by atoms with Crippen molar-refractivity contribution in [1.82, 2.24) is 5.43 Å². The van der Waals surface area contributed by atoms with Gasteiger partial charge in [-0.2, -0.15) is 5.10 Å². The number of nitrogens with one attached hydrogen (secondary N) is 2. The number of carbonyl (C=O) groups excluding carboxylic acids is 2.